The number of aromatic nitrogens is 1. The first-order valence-electron chi connectivity index (χ1n) is 9.43. The lowest BCUT2D eigenvalue weighted by atomic mass is 10.2. The van der Waals surface area contributed by atoms with Crippen molar-refractivity contribution in [3.05, 3.63) is 54.1 Å². The summed E-state index contributed by atoms with van der Waals surface area (Å²) in [5.41, 5.74) is 4.32. The molecule has 0 atom stereocenters. The molecule has 0 aliphatic heterocycles. The highest BCUT2D eigenvalue weighted by molar-refractivity contribution is 8.04. The van der Waals surface area contributed by atoms with Crippen molar-refractivity contribution in [2.75, 3.05) is 23.4 Å². The van der Waals surface area contributed by atoms with E-state index in [9.17, 15) is 9.59 Å². The Kier molecular flexibility index (Phi) is 8.56. The molecule has 30 heavy (non-hydrogen) atoms. The number of hydrogen-bond donors (Lipinski definition) is 2. The maximum absolute atomic E-state index is 12.1. The van der Waals surface area contributed by atoms with Crippen LogP contribution in [0.5, 0.6) is 0 Å². The van der Waals surface area contributed by atoms with Gasteiger partial charge >= 0.3 is 0 Å². The topological polar surface area (TPSA) is 80.3 Å². The van der Waals surface area contributed by atoms with E-state index in [2.05, 4.69) is 29.6 Å². The molecule has 0 spiro atoms. The minimum atomic E-state index is -0.397. The summed E-state index contributed by atoms with van der Waals surface area (Å²) in [6.07, 6.45) is 0. The van der Waals surface area contributed by atoms with Crippen molar-refractivity contribution in [1.82, 2.24) is 10.5 Å². The molecule has 158 valence electrons. The second-order valence-electron chi connectivity index (χ2n) is 6.56. The number of hydroxylamine groups is 1. The number of anilines is 1. The summed E-state index contributed by atoms with van der Waals surface area (Å²) in [7, 11) is 0. The molecule has 0 bridgehead atoms. The summed E-state index contributed by atoms with van der Waals surface area (Å²) in [4.78, 5) is 33.6. The zero-order chi connectivity index (χ0) is 21.3. The van der Waals surface area contributed by atoms with Gasteiger partial charge in [0, 0.05) is 22.8 Å². The van der Waals surface area contributed by atoms with Gasteiger partial charge in [0.25, 0.3) is 11.8 Å². The lowest BCUT2D eigenvalue weighted by molar-refractivity contribution is -0.122. The van der Waals surface area contributed by atoms with Crippen LogP contribution in [0.2, 0.25) is 0 Å². The van der Waals surface area contributed by atoms with Crippen molar-refractivity contribution in [2.45, 2.75) is 23.4 Å². The molecule has 0 unspecified atom stereocenters. The molecule has 1 heterocycles. The van der Waals surface area contributed by atoms with Gasteiger partial charge in [0.15, 0.2) is 10.9 Å². The highest BCUT2D eigenvalue weighted by Gasteiger charge is 2.09. The number of carbonyl (C=O) groups is 2. The van der Waals surface area contributed by atoms with E-state index >= 15 is 0 Å². The van der Waals surface area contributed by atoms with Crippen molar-refractivity contribution in [2.24, 2.45) is 0 Å². The number of benzene rings is 2. The predicted octanol–water partition coefficient (Wildman–Crippen LogP) is 4.83. The third-order valence-corrected chi connectivity index (χ3v) is 7.34. The van der Waals surface area contributed by atoms with Gasteiger partial charge in [-0.05, 0) is 35.6 Å². The van der Waals surface area contributed by atoms with Gasteiger partial charge in [-0.15, -0.1) is 11.3 Å². The first-order valence-corrected chi connectivity index (χ1v) is 12.3. The van der Waals surface area contributed by atoms with E-state index in [1.807, 2.05) is 36.0 Å². The van der Waals surface area contributed by atoms with Crippen LogP contribution >= 0.6 is 34.9 Å². The molecule has 0 saturated carbocycles. The highest BCUT2D eigenvalue weighted by atomic mass is 32.2. The van der Waals surface area contributed by atoms with Crippen molar-refractivity contribution < 1.29 is 14.4 Å². The third kappa shape index (κ3) is 7.02. The van der Waals surface area contributed by atoms with E-state index in [0.717, 1.165) is 26.1 Å². The largest absolute Gasteiger partial charge is 0.324 e. The molecule has 0 aliphatic carbocycles. The Hall–Kier alpha value is -2.07. The smallest absolute Gasteiger partial charge is 0.274 e. The first kappa shape index (κ1) is 22.6. The number of rotatable bonds is 10. The molecule has 0 saturated heterocycles. The number of thioether (sulfide) groups is 2. The van der Waals surface area contributed by atoms with E-state index in [-0.39, 0.29) is 12.5 Å². The SMILES string of the molecule is CC(C)SCCSc1nc2ccc(NC(=O)CONC(=O)c3ccccc3)cc2s1. The molecule has 1 aromatic heterocycles. The summed E-state index contributed by atoms with van der Waals surface area (Å²) in [5, 5.41) is 3.42. The number of hydrogen-bond acceptors (Lipinski definition) is 7. The molecule has 3 rings (SSSR count). The van der Waals surface area contributed by atoms with Gasteiger partial charge in [-0.2, -0.15) is 11.8 Å². The number of nitrogens with zero attached hydrogens (tertiary/aromatic N) is 1. The van der Waals surface area contributed by atoms with Crippen LogP contribution in [-0.2, 0) is 9.63 Å². The van der Waals surface area contributed by atoms with E-state index in [1.54, 1.807) is 47.4 Å². The number of nitrogens with one attached hydrogen (secondary N) is 2. The number of carbonyl (C=O) groups excluding carboxylic acids is 2. The molecular weight excluding hydrogens is 438 g/mol. The van der Waals surface area contributed by atoms with Gasteiger partial charge in [0.2, 0.25) is 0 Å². The Morgan fingerprint density at radius 3 is 2.70 bits per heavy atom. The summed E-state index contributed by atoms with van der Waals surface area (Å²) in [5.74, 6) is 1.37. The Balaban J connectivity index is 1.46. The molecular formula is C21H23N3O3S3. The van der Waals surface area contributed by atoms with Crippen LogP contribution < -0.4 is 10.8 Å². The van der Waals surface area contributed by atoms with Crippen molar-refractivity contribution >= 4 is 62.6 Å². The standard InChI is InChI=1S/C21H23N3O3S3/c1-14(2)28-10-11-29-21-23-17-9-8-16(12-18(17)30-21)22-19(25)13-27-24-20(26)15-6-4-3-5-7-15/h3-9,12,14H,10-11,13H2,1-2H3,(H,22,25)(H,24,26). The van der Waals surface area contributed by atoms with Crippen LogP contribution in [-0.4, -0.2) is 40.2 Å². The minimum absolute atomic E-state index is 0.284. The van der Waals surface area contributed by atoms with Crippen LogP contribution in [0.4, 0.5) is 5.69 Å². The summed E-state index contributed by atoms with van der Waals surface area (Å²) >= 11 is 5.32. The molecule has 2 aromatic carbocycles. The van der Waals surface area contributed by atoms with Crippen molar-refractivity contribution in [3.63, 3.8) is 0 Å². The Bertz CT molecular complexity index is 993. The van der Waals surface area contributed by atoms with Gasteiger partial charge in [-0.1, -0.05) is 43.8 Å². The van der Waals surface area contributed by atoms with Gasteiger partial charge in [0.1, 0.15) is 0 Å². The average Bonchev–Trinajstić information content (AvgIpc) is 3.13. The normalized spacial score (nSPS) is 11.0. The second kappa shape index (κ2) is 11.4. The zero-order valence-electron chi connectivity index (χ0n) is 16.7. The predicted molar refractivity (Wildman–Crippen MR) is 126 cm³/mol. The first-order chi connectivity index (χ1) is 14.5. The van der Waals surface area contributed by atoms with Crippen LogP contribution in [0.15, 0.2) is 52.9 Å². The summed E-state index contributed by atoms with van der Waals surface area (Å²) < 4.78 is 2.05. The number of fused-ring (bicyclic) bond motifs is 1. The quantitative estimate of drug-likeness (QED) is 0.256. The van der Waals surface area contributed by atoms with E-state index in [1.165, 1.54) is 0 Å². The lowest BCUT2D eigenvalue weighted by Crippen LogP contribution is -2.29. The van der Waals surface area contributed by atoms with E-state index < -0.39 is 5.91 Å². The maximum Gasteiger partial charge on any atom is 0.274 e. The third-order valence-electron chi connectivity index (χ3n) is 3.82. The average molecular weight is 462 g/mol. The van der Waals surface area contributed by atoms with Crippen LogP contribution in [0.25, 0.3) is 10.2 Å². The monoisotopic (exact) mass is 461 g/mol. The van der Waals surface area contributed by atoms with Gasteiger partial charge in [-0.25, -0.2) is 10.5 Å². The summed E-state index contributed by atoms with van der Waals surface area (Å²) in [6, 6.07) is 14.3. The van der Waals surface area contributed by atoms with E-state index in [4.69, 9.17) is 4.84 Å². The second-order valence-corrected chi connectivity index (χ2v) is 10.6. The van der Waals surface area contributed by atoms with E-state index in [0.29, 0.717) is 16.5 Å². The number of amides is 2. The Morgan fingerprint density at radius 2 is 1.93 bits per heavy atom. The highest BCUT2D eigenvalue weighted by Crippen LogP contribution is 2.31. The number of thiazole rings is 1. The zero-order valence-corrected chi connectivity index (χ0v) is 19.2. The van der Waals surface area contributed by atoms with Gasteiger partial charge in [-0.3, -0.25) is 14.4 Å². The molecule has 3 aromatic rings. The minimum Gasteiger partial charge on any atom is -0.324 e. The van der Waals surface area contributed by atoms with Gasteiger partial charge in [0.05, 0.1) is 10.2 Å². The maximum atomic E-state index is 12.1. The van der Waals surface area contributed by atoms with Crippen molar-refractivity contribution in [1.29, 1.82) is 0 Å². The van der Waals surface area contributed by atoms with Crippen LogP contribution in [0.1, 0.15) is 24.2 Å². The molecule has 0 fully saturated rings. The summed E-state index contributed by atoms with van der Waals surface area (Å²) in [6.45, 7) is 4.12. The van der Waals surface area contributed by atoms with Crippen molar-refractivity contribution in [3.8, 4) is 0 Å². The van der Waals surface area contributed by atoms with Crippen LogP contribution in [0.3, 0.4) is 0 Å². The Morgan fingerprint density at radius 1 is 1.13 bits per heavy atom. The molecule has 9 heteroatoms. The molecule has 2 amide bonds. The molecule has 0 radical (unpaired) electrons. The lowest BCUT2D eigenvalue weighted by Gasteiger charge is -2.07. The van der Waals surface area contributed by atoms with Gasteiger partial charge < -0.3 is 5.32 Å². The molecule has 2 N–H and O–H groups in total. The fraction of sp³-hybridized carbons (Fsp3) is 0.286. The molecule has 6 nitrogen and oxygen atoms in total. The molecule has 0 aliphatic rings. The fourth-order valence-corrected chi connectivity index (χ4v) is 5.49. The fourth-order valence-electron chi connectivity index (χ4n) is 2.47. The van der Waals surface area contributed by atoms with Crippen LogP contribution in [0, 0.1) is 0 Å². The Labute approximate surface area is 188 Å².